The van der Waals surface area contributed by atoms with Gasteiger partial charge in [0, 0.05) is 19.7 Å². The molecule has 0 unspecified atom stereocenters. The number of ether oxygens (including phenoxy) is 1. The summed E-state index contributed by atoms with van der Waals surface area (Å²) in [5.41, 5.74) is 5.86. The summed E-state index contributed by atoms with van der Waals surface area (Å²) < 4.78 is 5.11. The number of aromatic nitrogens is 2. The van der Waals surface area contributed by atoms with Gasteiger partial charge in [-0.05, 0) is 19.8 Å². The first-order chi connectivity index (χ1) is 9.96. The minimum Gasteiger partial charge on any atom is -0.383 e. The Morgan fingerprint density at radius 2 is 2.00 bits per heavy atom. The molecule has 0 amide bonds. The summed E-state index contributed by atoms with van der Waals surface area (Å²) in [6, 6.07) is 0.132. The highest BCUT2D eigenvalue weighted by atomic mass is 16.6. The quantitative estimate of drug-likeness (QED) is 0.576. The summed E-state index contributed by atoms with van der Waals surface area (Å²) in [5, 5.41) is 11.4. The Morgan fingerprint density at radius 1 is 1.38 bits per heavy atom. The first-order valence-electron chi connectivity index (χ1n) is 7.00. The van der Waals surface area contributed by atoms with Gasteiger partial charge in [-0.1, -0.05) is 13.8 Å². The molecule has 0 spiro atoms. The molecule has 0 bridgehead atoms. The lowest BCUT2D eigenvalue weighted by atomic mass is 10.1. The molecule has 0 aliphatic rings. The van der Waals surface area contributed by atoms with Crippen molar-refractivity contribution < 1.29 is 9.66 Å². The predicted molar refractivity (Wildman–Crippen MR) is 81.4 cm³/mol. The van der Waals surface area contributed by atoms with Crippen LogP contribution in [0.15, 0.2) is 0 Å². The molecule has 2 N–H and O–H groups in total. The van der Waals surface area contributed by atoms with Crippen molar-refractivity contribution in [2.24, 2.45) is 0 Å². The number of nitrogens with zero attached hydrogens (tertiary/aromatic N) is 4. The van der Waals surface area contributed by atoms with E-state index >= 15 is 0 Å². The molecule has 0 radical (unpaired) electrons. The van der Waals surface area contributed by atoms with Crippen LogP contribution >= 0.6 is 0 Å². The van der Waals surface area contributed by atoms with Crippen molar-refractivity contribution in [2.45, 2.75) is 39.7 Å². The van der Waals surface area contributed by atoms with E-state index in [-0.39, 0.29) is 29.2 Å². The maximum Gasteiger partial charge on any atom is 0.332 e. The highest BCUT2D eigenvalue weighted by Gasteiger charge is 2.29. The minimum absolute atomic E-state index is 0.0430. The Labute approximate surface area is 124 Å². The van der Waals surface area contributed by atoms with Crippen molar-refractivity contribution in [2.75, 3.05) is 30.9 Å². The number of aryl methyl sites for hydroxylation is 1. The lowest BCUT2D eigenvalue weighted by molar-refractivity contribution is -0.385. The molecule has 118 valence electrons. The fourth-order valence-corrected chi connectivity index (χ4v) is 2.37. The Kier molecular flexibility index (Phi) is 6.29. The van der Waals surface area contributed by atoms with Crippen LogP contribution in [0.4, 0.5) is 17.5 Å². The van der Waals surface area contributed by atoms with E-state index in [0.29, 0.717) is 13.2 Å². The fraction of sp³-hybridized carbons (Fsp3) is 0.692. The van der Waals surface area contributed by atoms with Crippen LogP contribution in [0.5, 0.6) is 0 Å². The average molecular weight is 297 g/mol. The Morgan fingerprint density at radius 3 is 2.48 bits per heavy atom. The number of nitrogens with two attached hydrogens (primary N) is 1. The van der Waals surface area contributed by atoms with Crippen LogP contribution < -0.4 is 10.6 Å². The van der Waals surface area contributed by atoms with Crippen LogP contribution in [0.1, 0.15) is 32.4 Å². The van der Waals surface area contributed by atoms with Gasteiger partial charge >= 0.3 is 5.69 Å². The van der Waals surface area contributed by atoms with Gasteiger partial charge in [0.2, 0.25) is 11.8 Å². The van der Waals surface area contributed by atoms with E-state index in [1.165, 1.54) is 0 Å². The van der Waals surface area contributed by atoms with Crippen molar-refractivity contribution >= 4 is 17.5 Å². The normalized spacial score (nSPS) is 10.9. The second-order valence-corrected chi connectivity index (χ2v) is 4.75. The third-order valence-corrected chi connectivity index (χ3v) is 3.43. The monoisotopic (exact) mass is 297 g/mol. The van der Waals surface area contributed by atoms with Crippen LogP contribution in [0.2, 0.25) is 0 Å². The van der Waals surface area contributed by atoms with Crippen molar-refractivity contribution in [1.29, 1.82) is 0 Å². The van der Waals surface area contributed by atoms with Crippen LogP contribution in [0, 0.1) is 17.0 Å². The number of hydrogen-bond acceptors (Lipinski definition) is 7. The Balaban J connectivity index is 3.37. The topological polar surface area (TPSA) is 107 Å². The van der Waals surface area contributed by atoms with Gasteiger partial charge in [0.25, 0.3) is 0 Å². The van der Waals surface area contributed by atoms with E-state index in [2.05, 4.69) is 9.97 Å². The molecule has 0 fully saturated rings. The molecule has 1 aromatic rings. The summed E-state index contributed by atoms with van der Waals surface area (Å²) in [6.45, 7) is 6.62. The van der Waals surface area contributed by atoms with Crippen LogP contribution in [0.25, 0.3) is 0 Å². The van der Waals surface area contributed by atoms with Gasteiger partial charge in [-0.25, -0.2) is 4.98 Å². The van der Waals surface area contributed by atoms with Crippen molar-refractivity contribution in [1.82, 2.24) is 9.97 Å². The second kappa shape index (κ2) is 7.72. The standard InChI is InChI=1S/C13H23N5O3/c1-5-10(6-2)17(7-8-21-4)12-11(18(19)20)9(3)15-13(14)16-12/h10H,5-8H2,1-4H3,(H2,14,15,16). The van der Waals surface area contributed by atoms with E-state index in [1.807, 2.05) is 18.7 Å². The van der Waals surface area contributed by atoms with Gasteiger partial charge in [0.1, 0.15) is 5.69 Å². The molecule has 1 rings (SSSR count). The number of nitro groups is 1. The molecule has 0 saturated carbocycles. The van der Waals surface area contributed by atoms with E-state index in [0.717, 1.165) is 12.8 Å². The van der Waals surface area contributed by atoms with E-state index in [9.17, 15) is 10.1 Å². The average Bonchev–Trinajstić information content (AvgIpc) is 2.42. The first-order valence-corrected chi connectivity index (χ1v) is 7.00. The van der Waals surface area contributed by atoms with Gasteiger partial charge in [0.05, 0.1) is 11.5 Å². The zero-order valence-electron chi connectivity index (χ0n) is 13.0. The summed E-state index contributed by atoms with van der Waals surface area (Å²) in [5.74, 6) is 0.317. The van der Waals surface area contributed by atoms with Gasteiger partial charge in [-0.2, -0.15) is 4.98 Å². The molecule has 1 aromatic heterocycles. The largest absolute Gasteiger partial charge is 0.383 e. The number of hydrogen-bond donors (Lipinski definition) is 1. The van der Waals surface area contributed by atoms with Gasteiger partial charge < -0.3 is 15.4 Å². The Bertz CT molecular complexity index is 491. The summed E-state index contributed by atoms with van der Waals surface area (Å²) in [4.78, 5) is 20.8. The van der Waals surface area contributed by atoms with Gasteiger partial charge in [0.15, 0.2) is 0 Å². The van der Waals surface area contributed by atoms with Crippen molar-refractivity contribution in [3.05, 3.63) is 15.8 Å². The third-order valence-electron chi connectivity index (χ3n) is 3.43. The number of nitrogen functional groups attached to an aromatic ring is 1. The molecule has 0 aliphatic carbocycles. The second-order valence-electron chi connectivity index (χ2n) is 4.75. The fourth-order valence-electron chi connectivity index (χ4n) is 2.37. The SMILES string of the molecule is CCC(CC)N(CCOC)c1nc(N)nc(C)c1[N+](=O)[O-]. The number of methoxy groups -OCH3 is 1. The summed E-state index contributed by atoms with van der Waals surface area (Å²) in [6.07, 6.45) is 1.70. The zero-order valence-corrected chi connectivity index (χ0v) is 13.0. The lowest BCUT2D eigenvalue weighted by Gasteiger charge is -2.31. The van der Waals surface area contributed by atoms with Crippen molar-refractivity contribution in [3.63, 3.8) is 0 Å². The van der Waals surface area contributed by atoms with E-state index in [4.69, 9.17) is 10.5 Å². The summed E-state index contributed by atoms with van der Waals surface area (Å²) >= 11 is 0. The summed E-state index contributed by atoms with van der Waals surface area (Å²) in [7, 11) is 1.60. The highest BCUT2D eigenvalue weighted by Crippen LogP contribution is 2.31. The van der Waals surface area contributed by atoms with E-state index in [1.54, 1.807) is 14.0 Å². The van der Waals surface area contributed by atoms with E-state index < -0.39 is 4.92 Å². The molecule has 8 nitrogen and oxygen atoms in total. The molecular weight excluding hydrogens is 274 g/mol. The smallest absolute Gasteiger partial charge is 0.332 e. The first kappa shape index (κ1) is 17.1. The molecule has 0 saturated heterocycles. The van der Waals surface area contributed by atoms with Gasteiger partial charge in [-0.15, -0.1) is 0 Å². The molecular formula is C13H23N5O3. The number of rotatable bonds is 8. The molecule has 0 atom stereocenters. The van der Waals surface area contributed by atoms with Crippen LogP contribution in [-0.4, -0.2) is 41.2 Å². The van der Waals surface area contributed by atoms with Crippen molar-refractivity contribution in [3.8, 4) is 0 Å². The van der Waals surface area contributed by atoms with Gasteiger partial charge in [-0.3, -0.25) is 10.1 Å². The highest BCUT2D eigenvalue weighted by molar-refractivity contribution is 5.62. The minimum atomic E-state index is -0.452. The predicted octanol–water partition coefficient (Wildman–Crippen LogP) is 1.92. The third kappa shape index (κ3) is 4.01. The molecule has 8 heteroatoms. The molecule has 0 aliphatic heterocycles. The number of anilines is 2. The molecule has 0 aromatic carbocycles. The van der Waals surface area contributed by atoms with Crippen LogP contribution in [0.3, 0.4) is 0 Å². The van der Waals surface area contributed by atoms with Crippen LogP contribution in [-0.2, 0) is 4.74 Å². The Hall–Kier alpha value is -1.96. The zero-order chi connectivity index (χ0) is 16.0. The lowest BCUT2D eigenvalue weighted by Crippen LogP contribution is -2.38. The molecule has 1 heterocycles. The maximum absolute atomic E-state index is 11.4. The maximum atomic E-state index is 11.4. The molecule has 21 heavy (non-hydrogen) atoms.